The monoisotopic (exact) mass is 313 g/mol. The van der Waals surface area contributed by atoms with Crippen LogP contribution in [0.15, 0.2) is 35.4 Å². The number of ether oxygens (including phenoxy) is 2. The molecule has 0 aliphatic heterocycles. The summed E-state index contributed by atoms with van der Waals surface area (Å²) in [5, 5.41) is 10.0. The minimum absolute atomic E-state index is 0.302. The summed E-state index contributed by atoms with van der Waals surface area (Å²) in [6.45, 7) is 6.16. The van der Waals surface area contributed by atoms with Gasteiger partial charge in [0.1, 0.15) is 5.75 Å². The summed E-state index contributed by atoms with van der Waals surface area (Å²) in [7, 11) is 1.59. The van der Waals surface area contributed by atoms with Crippen LogP contribution in [0.3, 0.4) is 0 Å². The first kappa shape index (κ1) is 17.1. The van der Waals surface area contributed by atoms with Crippen LogP contribution in [0.1, 0.15) is 39.2 Å². The summed E-state index contributed by atoms with van der Waals surface area (Å²) >= 11 is 0. The van der Waals surface area contributed by atoms with E-state index in [-0.39, 0.29) is 5.97 Å². The molecule has 1 aliphatic carbocycles. The SMILES string of the molecule is CCOC(=O)C1CC(C)=C(C)CC1(C#N)c1cccc(OC)c1. The fraction of sp³-hybridized carbons (Fsp3) is 0.474. The number of hydrogen-bond acceptors (Lipinski definition) is 4. The van der Waals surface area contributed by atoms with Gasteiger partial charge in [-0.25, -0.2) is 0 Å². The van der Waals surface area contributed by atoms with Crippen LogP contribution in [-0.4, -0.2) is 19.7 Å². The number of methoxy groups -OCH3 is 1. The molecular weight excluding hydrogens is 290 g/mol. The molecule has 2 rings (SSSR count). The Morgan fingerprint density at radius 3 is 2.74 bits per heavy atom. The van der Waals surface area contributed by atoms with E-state index in [0.29, 0.717) is 25.2 Å². The normalized spacial score (nSPS) is 24.0. The maximum Gasteiger partial charge on any atom is 0.311 e. The third-order valence-corrected chi connectivity index (χ3v) is 4.73. The van der Waals surface area contributed by atoms with E-state index in [9.17, 15) is 10.1 Å². The highest BCUT2D eigenvalue weighted by molar-refractivity contribution is 5.77. The van der Waals surface area contributed by atoms with Gasteiger partial charge in [-0.05, 0) is 51.3 Å². The molecule has 2 atom stereocenters. The molecule has 0 radical (unpaired) electrons. The number of allylic oxidation sites excluding steroid dienone is 2. The zero-order valence-electron chi connectivity index (χ0n) is 14.2. The van der Waals surface area contributed by atoms with Gasteiger partial charge in [-0.3, -0.25) is 4.79 Å². The van der Waals surface area contributed by atoms with E-state index >= 15 is 0 Å². The van der Waals surface area contributed by atoms with Crippen molar-refractivity contribution in [3.05, 3.63) is 41.0 Å². The number of carbonyl (C=O) groups excluding carboxylic acids is 1. The topological polar surface area (TPSA) is 59.3 Å². The Morgan fingerprint density at radius 1 is 1.39 bits per heavy atom. The van der Waals surface area contributed by atoms with E-state index in [4.69, 9.17) is 9.47 Å². The van der Waals surface area contributed by atoms with E-state index in [2.05, 4.69) is 6.07 Å². The standard InChI is InChI=1S/C19H23NO3/c1-5-23-18(21)17-9-13(2)14(3)11-19(17,12-20)15-7-6-8-16(10-15)22-4/h6-8,10,17H,5,9,11H2,1-4H3. The number of nitrogens with zero attached hydrogens (tertiary/aromatic N) is 1. The molecule has 23 heavy (non-hydrogen) atoms. The van der Waals surface area contributed by atoms with Crippen LogP contribution in [0.4, 0.5) is 0 Å². The summed E-state index contributed by atoms with van der Waals surface area (Å²) in [5.74, 6) is -0.115. The van der Waals surface area contributed by atoms with Crippen LogP contribution in [0.25, 0.3) is 0 Å². The van der Waals surface area contributed by atoms with Gasteiger partial charge in [0.05, 0.1) is 31.1 Å². The average Bonchev–Trinajstić information content (AvgIpc) is 2.57. The van der Waals surface area contributed by atoms with E-state index < -0.39 is 11.3 Å². The fourth-order valence-corrected chi connectivity index (χ4v) is 3.26. The molecule has 122 valence electrons. The fourth-order valence-electron chi connectivity index (χ4n) is 3.26. The van der Waals surface area contributed by atoms with Gasteiger partial charge in [0.15, 0.2) is 0 Å². The Labute approximate surface area is 137 Å². The highest BCUT2D eigenvalue weighted by Gasteiger charge is 2.48. The van der Waals surface area contributed by atoms with Crippen molar-refractivity contribution in [2.24, 2.45) is 5.92 Å². The molecule has 0 saturated carbocycles. The lowest BCUT2D eigenvalue weighted by Crippen LogP contribution is -2.42. The Kier molecular flexibility index (Phi) is 5.10. The van der Waals surface area contributed by atoms with E-state index in [1.165, 1.54) is 0 Å². The van der Waals surface area contributed by atoms with Crippen LogP contribution in [0.2, 0.25) is 0 Å². The second-order valence-electron chi connectivity index (χ2n) is 6.06. The molecule has 0 saturated heterocycles. The molecule has 0 aromatic heterocycles. The van der Waals surface area contributed by atoms with Crippen molar-refractivity contribution in [3.8, 4) is 11.8 Å². The highest BCUT2D eigenvalue weighted by Crippen LogP contribution is 2.46. The third-order valence-electron chi connectivity index (χ3n) is 4.73. The van der Waals surface area contributed by atoms with Crippen LogP contribution >= 0.6 is 0 Å². The number of rotatable bonds is 4. The lowest BCUT2D eigenvalue weighted by molar-refractivity contribution is -0.150. The zero-order valence-corrected chi connectivity index (χ0v) is 14.2. The number of benzene rings is 1. The summed E-state index contributed by atoms with van der Waals surface area (Å²) in [5.41, 5.74) is 2.22. The summed E-state index contributed by atoms with van der Waals surface area (Å²) < 4.78 is 10.5. The second-order valence-corrected chi connectivity index (χ2v) is 6.06. The van der Waals surface area contributed by atoms with Crippen LogP contribution in [-0.2, 0) is 14.9 Å². The molecule has 2 unspecified atom stereocenters. The third kappa shape index (κ3) is 3.10. The molecule has 4 nitrogen and oxygen atoms in total. The minimum atomic E-state index is -0.912. The van der Waals surface area contributed by atoms with Crippen molar-refractivity contribution < 1.29 is 14.3 Å². The van der Waals surface area contributed by atoms with E-state index in [1.807, 2.05) is 38.1 Å². The Balaban J connectivity index is 2.58. The second kappa shape index (κ2) is 6.87. The lowest BCUT2D eigenvalue weighted by Gasteiger charge is -2.39. The van der Waals surface area contributed by atoms with Gasteiger partial charge in [-0.1, -0.05) is 23.3 Å². The van der Waals surface area contributed by atoms with E-state index in [0.717, 1.165) is 16.7 Å². The van der Waals surface area contributed by atoms with Gasteiger partial charge in [-0.2, -0.15) is 5.26 Å². The molecule has 0 amide bonds. The van der Waals surface area contributed by atoms with E-state index in [1.54, 1.807) is 14.0 Å². The van der Waals surface area contributed by atoms with Crippen LogP contribution in [0, 0.1) is 17.2 Å². The zero-order chi connectivity index (χ0) is 17.0. The van der Waals surface area contributed by atoms with Gasteiger partial charge in [0.2, 0.25) is 0 Å². The minimum Gasteiger partial charge on any atom is -0.497 e. The first-order valence-electron chi connectivity index (χ1n) is 7.86. The van der Waals surface area contributed by atoms with Crippen molar-refractivity contribution in [2.45, 2.75) is 39.0 Å². The van der Waals surface area contributed by atoms with Crippen LogP contribution < -0.4 is 4.74 Å². The predicted molar refractivity (Wildman–Crippen MR) is 88.0 cm³/mol. The Morgan fingerprint density at radius 2 is 2.13 bits per heavy atom. The first-order valence-corrected chi connectivity index (χ1v) is 7.86. The molecule has 0 N–H and O–H groups in total. The summed E-state index contributed by atoms with van der Waals surface area (Å²) in [4.78, 5) is 12.5. The van der Waals surface area contributed by atoms with Crippen molar-refractivity contribution in [3.63, 3.8) is 0 Å². The molecule has 4 heteroatoms. The highest BCUT2D eigenvalue weighted by atomic mass is 16.5. The predicted octanol–water partition coefficient (Wildman–Crippen LogP) is 3.77. The van der Waals surface area contributed by atoms with Crippen molar-refractivity contribution >= 4 is 5.97 Å². The maximum absolute atomic E-state index is 12.5. The average molecular weight is 313 g/mol. The number of hydrogen-bond donors (Lipinski definition) is 0. The molecule has 1 aliphatic rings. The van der Waals surface area contributed by atoms with Gasteiger partial charge in [0.25, 0.3) is 0 Å². The molecule has 1 aromatic rings. The molecule has 0 heterocycles. The van der Waals surface area contributed by atoms with Gasteiger partial charge < -0.3 is 9.47 Å². The Bertz CT molecular complexity index is 671. The van der Waals surface area contributed by atoms with Crippen molar-refractivity contribution in [2.75, 3.05) is 13.7 Å². The molecular formula is C19H23NO3. The summed E-state index contributed by atoms with van der Waals surface area (Å²) in [6.07, 6.45) is 1.08. The molecule has 0 bridgehead atoms. The lowest BCUT2D eigenvalue weighted by atomic mass is 9.62. The molecule has 1 aromatic carbocycles. The number of nitriles is 1. The quantitative estimate of drug-likeness (QED) is 0.627. The maximum atomic E-state index is 12.5. The molecule has 0 fully saturated rings. The largest absolute Gasteiger partial charge is 0.497 e. The smallest absolute Gasteiger partial charge is 0.311 e. The number of carbonyl (C=O) groups is 1. The Hall–Kier alpha value is -2.28. The first-order chi connectivity index (χ1) is 11.0. The van der Waals surface area contributed by atoms with Gasteiger partial charge in [0, 0.05) is 0 Å². The van der Waals surface area contributed by atoms with Gasteiger partial charge >= 0.3 is 5.97 Å². The summed E-state index contributed by atoms with van der Waals surface area (Å²) in [6, 6.07) is 9.88. The molecule has 0 spiro atoms. The van der Waals surface area contributed by atoms with Gasteiger partial charge in [-0.15, -0.1) is 0 Å². The van der Waals surface area contributed by atoms with Crippen LogP contribution in [0.5, 0.6) is 5.75 Å². The van der Waals surface area contributed by atoms with Crippen molar-refractivity contribution in [1.29, 1.82) is 5.26 Å². The van der Waals surface area contributed by atoms with Crippen molar-refractivity contribution in [1.82, 2.24) is 0 Å². The number of esters is 1.